The summed E-state index contributed by atoms with van der Waals surface area (Å²) in [6.45, 7) is 5.75. The summed E-state index contributed by atoms with van der Waals surface area (Å²) in [6, 6.07) is 0. The molecule has 2 amide bonds. The van der Waals surface area contributed by atoms with Crippen molar-refractivity contribution in [2.75, 3.05) is 0 Å². The van der Waals surface area contributed by atoms with Crippen molar-refractivity contribution in [2.45, 2.75) is 33.6 Å². The maximum absolute atomic E-state index is 12.1. The van der Waals surface area contributed by atoms with Crippen LogP contribution in [-0.2, 0) is 9.59 Å². The van der Waals surface area contributed by atoms with Crippen LogP contribution in [0.2, 0.25) is 0 Å². The van der Waals surface area contributed by atoms with Crippen molar-refractivity contribution in [3.05, 3.63) is 12.2 Å². The standard InChI is InChI=1S/C12H18N2O2S.Na/c1-4-6-7-12(8(3)5-2)9(15)13-11(17)14-10(12)16;/h4,6,8H,5,7H2,1-3H3,(H2,13,14,15,16,17);. The Morgan fingerprint density at radius 1 is 1.33 bits per heavy atom. The summed E-state index contributed by atoms with van der Waals surface area (Å²) < 4.78 is 0. The summed E-state index contributed by atoms with van der Waals surface area (Å²) in [5, 5.41) is 5.20. The van der Waals surface area contributed by atoms with Gasteiger partial charge in [0, 0.05) is 29.6 Å². The molecule has 0 aromatic heterocycles. The monoisotopic (exact) mass is 277 g/mol. The van der Waals surface area contributed by atoms with E-state index in [0.29, 0.717) is 6.42 Å². The minimum atomic E-state index is -1.04. The van der Waals surface area contributed by atoms with Crippen LogP contribution in [-0.4, -0.2) is 46.5 Å². The molecule has 0 spiro atoms. The average Bonchev–Trinajstić information content (AvgIpc) is 2.27. The summed E-state index contributed by atoms with van der Waals surface area (Å²) in [5.41, 5.74) is -1.04. The maximum atomic E-state index is 12.1. The van der Waals surface area contributed by atoms with E-state index in [1.807, 2.05) is 32.9 Å². The second-order valence-electron chi connectivity index (χ2n) is 4.29. The summed E-state index contributed by atoms with van der Waals surface area (Å²) in [6.07, 6.45) is 4.85. The molecule has 4 nitrogen and oxygen atoms in total. The van der Waals surface area contributed by atoms with Gasteiger partial charge in [-0.25, -0.2) is 0 Å². The van der Waals surface area contributed by atoms with Crippen molar-refractivity contribution >= 4 is 58.7 Å². The zero-order valence-electron chi connectivity index (χ0n) is 11.4. The van der Waals surface area contributed by atoms with E-state index in [1.54, 1.807) is 0 Å². The maximum Gasteiger partial charge on any atom is 0.242 e. The molecular formula is C12H18N2NaO2S. The van der Waals surface area contributed by atoms with Crippen LogP contribution in [0.15, 0.2) is 12.2 Å². The molecule has 1 aliphatic heterocycles. The van der Waals surface area contributed by atoms with Gasteiger partial charge >= 0.3 is 0 Å². The summed E-state index contributed by atoms with van der Waals surface area (Å²) in [4.78, 5) is 24.3. The first-order valence-corrected chi connectivity index (χ1v) is 6.17. The molecule has 95 valence electrons. The molecule has 0 bridgehead atoms. The zero-order chi connectivity index (χ0) is 13.1. The first kappa shape index (κ1) is 17.8. The van der Waals surface area contributed by atoms with Crippen LogP contribution in [0.3, 0.4) is 0 Å². The van der Waals surface area contributed by atoms with Gasteiger partial charge in [-0.2, -0.15) is 0 Å². The molecule has 0 aromatic rings. The molecule has 1 saturated heterocycles. The third-order valence-corrected chi connectivity index (χ3v) is 3.60. The number of nitrogens with one attached hydrogen (secondary N) is 2. The van der Waals surface area contributed by atoms with Gasteiger partial charge in [-0.1, -0.05) is 32.4 Å². The largest absolute Gasteiger partial charge is 0.302 e. The fourth-order valence-corrected chi connectivity index (χ4v) is 2.24. The Balaban J connectivity index is 0.00000289. The quantitative estimate of drug-likeness (QED) is 0.350. The smallest absolute Gasteiger partial charge is 0.242 e. The fraction of sp³-hybridized carbons (Fsp3) is 0.583. The van der Waals surface area contributed by atoms with E-state index < -0.39 is 5.41 Å². The van der Waals surface area contributed by atoms with Crippen LogP contribution in [0.5, 0.6) is 0 Å². The molecule has 0 saturated carbocycles. The molecule has 2 N–H and O–H groups in total. The SMILES string of the molecule is CC=CCC1(C(C)CC)C(=O)NC(=S)NC1=O.[Na]. The molecule has 1 fully saturated rings. The summed E-state index contributed by atoms with van der Waals surface area (Å²) in [5.74, 6) is -0.626. The van der Waals surface area contributed by atoms with Gasteiger partial charge in [-0.15, -0.1) is 0 Å². The Kier molecular flexibility index (Phi) is 7.29. The number of carbonyl (C=O) groups excluding carboxylic acids is 2. The van der Waals surface area contributed by atoms with Crippen LogP contribution in [0.25, 0.3) is 0 Å². The van der Waals surface area contributed by atoms with Gasteiger partial charge in [0.1, 0.15) is 5.41 Å². The van der Waals surface area contributed by atoms with Crippen LogP contribution in [0, 0.1) is 11.3 Å². The minimum absolute atomic E-state index is 0. The first-order valence-electron chi connectivity index (χ1n) is 5.77. The Morgan fingerprint density at radius 3 is 2.22 bits per heavy atom. The normalized spacial score (nSPS) is 20.1. The van der Waals surface area contributed by atoms with Gasteiger partial charge in [-0.3, -0.25) is 9.59 Å². The van der Waals surface area contributed by atoms with Crippen molar-refractivity contribution < 1.29 is 9.59 Å². The van der Waals surface area contributed by atoms with E-state index in [9.17, 15) is 9.59 Å². The van der Waals surface area contributed by atoms with Crippen molar-refractivity contribution in [2.24, 2.45) is 11.3 Å². The van der Waals surface area contributed by atoms with Crippen LogP contribution in [0.1, 0.15) is 33.6 Å². The van der Waals surface area contributed by atoms with Crippen molar-refractivity contribution in [3.63, 3.8) is 0 Å². The molecule has 1 radical (unpaired) electrons. The van der Waals surface area contributed by atoms with Gasteiger partial charge in [0.25, 0.3) is 0 Å². The molecule has 0 aromatic carbocycles. The molecule has 6 heteroatoms. The second kappa shape index (κ2) is 7.38. The number of hydrogen-bond donors (Lipinski definition) is 2. The Hall–Kier alpha value is -0.230. The van der Waals surface area contributed by atoms with E-state index >= 15 is 0 Å². The van der Waals surface area contributed by atoms with Crippen LogP contribution >= 0.6 is 12.2 Å². The number of hydrogen-bond acceptors (Lipinski definition) is 3. The zero-order valence-corrected chi connectivity index (χ0v) is 14.2. The van der Waals surface area contributed by atoms with Gasteiger partial charge in [0.15, 0.2) is 5.11 Å². The van der Waals surface area contributed by atoms with Gasteiger partial charge < -0.3 is 10.6 Å². The van der Waals surface area contributed by atoms with Gasteiger partial charge in [0.2, 0.25) is 11.8 Å². The van der Waals surface area contributed by atoms with Crippen molar-refractivity contribution in [3.8, 4) is 0 Å². The molecule has 18 heavy (non-hydrogen) atoms. The number of thiocarbonyl (C=S) groups is 1. The summed E-state index contributed by atoms with van der Waals surface area (Å²) in [7, 11) is 0. The van der Waals surface area contributed by atoms with E-state index in [4.69, 9.17) is 12.2 Å². The first-order chi connectivity index (χ1) is 7.98. The molecule has 1 heterocycles. The topological polar surface area (TPSA) is 58.2 Å². The van der Waals surface area contributed by atoms with Crippen molar-refractivity contribution in [1.29, 1.82) is 0 Å². The molecule has 1 rings (SSSR count). The Labute approximate surface area is 135 Å². The predicted molar refractivity (Wildman–Crippen MR) is 76.0 cm³/mol. The minimum Gasteiger partial charge on any atom is -0.302 e. The Morgan fingerprint density at radius 2 is 1.83 bits per heavy atom. The van der Waals surface area contributed by atoms with Crippen LogP contribution in [0.4, 0.5) is 0 Å². The Bertz CT molecular complexity index is 362. The van der Waals surface area contributed by atoms with Crippen LogP contribution < -0.4 is 10.6 Å². The van der Waals surface area contributed by atoms with E-state index in [1.165, 1.54) is 0 Å². The van der Waals surface area contributed by atoms with E-state index in [0.717, 1.165) is 6.42 Å². The van der Waals surface area contributed by atoms with E-state index in [-0.39, 0.29) is 52.4 Å². The third kappa shape index (κ3) is 3.20. The molecule has 1 atom stereocenters. The van der Waals surface area contributed by atoms with E-state index in [2.05, 4.69) is 10.6 Å². The number of allylic oxidation sites excluding steroid dienone is 2. The molecule has 1 unspecified atom stereocenters. The molecule has 0 aliphatic carbocycles. The number of amides is 2. The third-order valence-electron chi connectivity index (χ3n) is 3.39. The molecule has 1 aliphatic rings. The average molecular weight is 277 g/mol. The second-order valence-corrected chi connectivity index (χ2v) is 4.70. The predicted octanol–water partition coefficient (Wildman–Crippen LogP) is 1.14. The number of rotatable bonds is 4. The number of carbonyl (C=O) groups is 2. The van der Waals surface area contributed by atoms with Crippen molar-refractivity contribution in [1.82, 2.24) is 10.6 Å². The fourth-order valence-electron chi connectivity index (χ4n) is 2.05. The molecular weight excluding hydrogens is 259 g/mol. The van der Waals surface area contributed by atoms with Gasteiger partial charge in [0.05, 0.1) is 0 Å². The van der Waals surface area contributed by atoms with Gasteiger partial charge in [-0.05, 0) is 31.5 Å². The summed E-state index contributed by atoms with van der Waals surface area (Å²) >= 11 is 4.82.